The lowest BCUT2D eigenvalue weighted by molar-refractivity contribution is -0.0494. The number of anilines is 2. The van der Waals surface area contributed by atoms with Gasteiger partial charge in [-0.3, -0.25) is 9.48 Å². The molecule has 5 heterocycles. The molecule has 2 aliphatic rings. The number of benzene rings is 1. The second-order valence-electron chi connectivity index (χ2n) is 9.07. The molecule has 0 unspecified atom stereocenters. The number of nitrogens with one attached hydrogen (secondary N) is 2. The van der Waals surface area contributed by atoms with Crippen molar-refractivity contribution in [2.45, 2.75) is 26.0 Å². The molecule has 1 amide bonds. The van der Waals surface area contributed by atoms with Crippen LogP contribution in [-0.4, -0.2) is 63.3 Å². The zero-order valence-corrected chi connectivity index (χ0v) is 20.3. The number of nitrogens with zero attached hydrogens (tertiary/aromatic N) is 5. The molecule has 0 spiro atoms. The zero-order valence-electron chi connectivity index (χ0n) is 20.3. The summed E-state index contributed by atoms with van der Waals surface area (Å²) in [4.78, 5) is 17.6. The van der Waals surface area contributed by atoms with Crippen molar-refractivity contribution in [3.63, 3.8) is 0 Å². The SMILES string of the molecule is O=C(Nc1cn(CC2CCOCC2)nc1-c1cc2c(cc1OC(F)F)NCCO2)c1cnn2cccnc12. The number of carbonyl (C=O) groups is 1. The summed E-state index contributed by atoms with van der Waals surface area (Å²) in [6, 6.07) is 4.78. The van der Waals surface area contributed by atoms with Gasteiger partial charge in [-0.2, -0.15) is 19.0 Å². The summed E-state index contributed by atoms with van der Waals surface area (Å²) in [7, 11) is 0. The monoisotopic (exact) mass is 525 g/mol. The Kier molecular flexibility index (Phi) is 6.50. The highest BCUT2D eigenvalue weighted by atomic mass is 19.3. The van der Waals surface area contributed by atoms with Crippen LogP contribution in [0.15, 0.2) is 43.0 Å². The molecule has 198 valence electrons. The first-order valence-corrected chi connectivity index (χ1v) is 12.3. The van der Waals surface area contributed by atoms with Crippen LogP contribution in [0, 0.1) is 5.92 Å². The highest BCUT2D eigenvalue weighted by Gasteiger charge is 2.25. The summed E-state index contributed by atoms with van der Waals surface area (Å²) in [5.41, 5.74) is 2.07. The van der Waals surface area contributed by atoms with Crippen LogP contribution in [0.3, 0.4) is 0 Å². The van der Waals surface area contributed by atoms with Gasteiger partial charge >= 0.3 is 6.61 Å². The number of ether oxygens (including phenoxy) is 3. The van der Waals surface area contributed by atoms with Gasteiger partial charge in [0.25, 0.3) is 5.91 Å². The van der Waals surface area contributed by atoms with Crippen LogP contribution >= 0.6 is 0 Å². The van der Waals surface area contributed by atoms with Crippen molar-refractivity contribution < 1.29 is 27.8 Å². The second-order valence-corrected chi connectivity index (χ2v) is 9.07. The van der Waals surface area contributed by atoms with E-state index in [0.717, 1.165) is 12.8 Å². The number of alkyl halides is 2. The molecule has 4 aromatic rings. The molecule has 2 aliphatic heterocycles. The lowest BCUT2D eigenvalue weighted by Crippen LogP contribution is -2.20. The van der Waals surface area contributed by atoms with Crippen molar-refractivity contribution >= 4 is 22.9 Å². The largest absolute Gasteiger partial charge is 0.490 e. The first kappa shape index (κ1) is 24.1. The van der Waals surface area contributed by atoms with Crippen LogP contribution < -0.4 is 20.1 Å². The van der Waals surface area contributed by atoms with E-state index in [1.165, 1.54) is 16.8 Å². The highest BCUT2D eigenvalue weighted by molar-refractivity contribution is 6.09. The van der Waals surface area contributed by atoms with Gasteiger partial charge in [-0.05, 0) is 30.9 Å². The minimum Gasteiger partial charge on any atom is -0.490 e. The molecule has 0 bridgehead atoms. The van der Waals surface area contributed by atoms with Crippen LogP contribution in [0.25, 0.3) is 16.9 Å². The third-order valence-corrected chi connectivity index (χ3v) is 6.55. The smallest absolute Gasteiger partial charge is 0.387 e. The van der Waals surface area contributed by atoms with Crippen LogP contribution in [0.2, 0.25) is 0 Å². The minimum atomic E-state index is -3.05. The molecule has 1 fully saturated rings. The molecule has 0 saturated carbocycles. The predicted octanol–water partition coefficient (Wildman–Crippen LogP) is 3.68. The number of rotatable bonds is 7. The van der Waals surface area contributed by atoms with Crippen molar-refractivity contribution in [3.05, 3.63) is 48.5 Å². The van der Waals surface area contributed by atoms with Gasteiger partial charge in [-0.15, -0.1) is 0 Å². The number of aromatic nitrogens is 5. The summed E-state index contributed by atoms with van der Waals surface area (Å²) in [5.74, 6) is 0.270. The van der Waals surface area contributed by atoms with E-state index in [4.69, 9.17) is 19.3 Å². The van der Waals surface area contributed by atoms with Crippen LogP contribution in [0.5, 0.6) is 11.5 Å². The number of amides is 1. The van der Waals surface area contributed by atoms with Gasteiger partial charge in [0, 0.05) is 51.0 Å². The Morgan fingerprint density at radius 2 is 2.13 bits per heavy atom. The number of halogens is 2. The molecular formula is C25H25F2N7O4. The second kappa shape index (κ2) is 10.2. The van der Waals surface area contributed by atoms with E-state index in [2.05, 4.69) is 20.7 Å². The van der Waals surface area contributed by atoms with Crippen LogP contribution in [-0.2, 0) is 11.3 Å². The van der Waals surface area contributed by atoms with Gasteiger partial charge in [0.15, 0.2) is 5.65 Å². The average molecular weight is 526 g/mol. The number of carbonyl (C=O) groups excluding carboxylic acids is 1. The van der Waals surface area contributed by atoms with Crippen molar-refractivity contribution in [2.75, 3.05) is 37.0 Å². The lowest BCUT2D eigenvalue weighted by Gasteiger charge is -2.22. The molecule has 6 rings (SSSR count). The van der Waals surface area contributed by atoms with E-state index in [-0.39, 0.29) is 22.6 Å². The summed E-state index contributed by atoms with van der Waals surface area (Å²) in [6.07, 6.45) is 8.14. The van der Waals surface area contributed by atoms with Crippen LogP contribution in [0.1, 0.15) is 23.2 Å². The minimum absolute atomic E-state index is 0.0822. The fourth-order valence-corrected chi connectivity index (χ4v) is 4.72. The molecule has 11 nitrogen and oxygen atoms in total. The molecule has 0 aliphatic carbocycles. The zero-order chi connectivity index (χ0) is 26.1. The summed E-state index contributed by atoms with van der Waals surface area (Å²) < 4.78 is 46.1. The molecule has 38 heavy (non-hydrogen) atoms. The quantitative estimate of drug-likeness (QED) is 0.375. The maximum Gasteiger partial charge on any atom is 0.387 e. The third-order valence-electron chi connectivity index (χ3n) is 6.55. The van der Waals surface area contributed by atoms with Gasteiger partial charge in [-0.25, -0.2) is 9.50 Å². The molecule has 13 heteroatoms. The Labute approximate surface area is 215 Å². The summed E-state index contributed by atoms with van der Waals surface area (Å²) in [6.45, 7) is -0.167. The number of fused-ring (bicyclic) bond motifs is 2. The van der Waals surface area contributed by atoms with E-state index in [1.54, 1.807) is 35.4 Å². The summed E-state index contributed by atoms with van der Waals surface area (Å²) in [5, 5.41) is 14.9. The number of hydrogen-bond acceptors (Lipinski definition) is 8. The standard InChI is InChI=1S/C25H25F2N7O4/c26-25(27)38-20-11-18-21(37-9-5-28-18)10-16(20)22-19(14-33(32-22)13-15-2-7-36-8-3-15)31-24(35)17-12-30-34-6-1-4-29-23(17)34/h1,4,6,10-12,14-15,25,28H,2-3,5,7-9,13H2,(H,31,35). The Morgan fingerprint density at radius 3 is 2.97 bits per heavy atom. The van der Waals surface area contributed by atoms with Gasteiger partial charge in [-0.1, -0.05) is 0 Å². The first-order valence-electron chi connectivity index (χ1n) is 12.3. The Hall–Kier alpha value is -4.26. The molecule has 0 radical (unpaired) electrons. The lowest BCUT2D eigenvalue weighted by atomic mass is 10.0. The topological polar surface area (TPSA) is 117 Å². The summed E-state index contributed by atoms with van der Waals surface area (Å²) >= 11 is 0. The van der Waals surface area contributed by atoms with E-state index in [9.17, 15) is 13.6 Å². The predicted molar refractivity (Wildman–Crippen MR) is 133 cm³/mol. The average Bonchev–Trinajstić information content (AvgIpc) is 3.52. The van der Waals surface area contributed by atoms with E-state index in [1.807, 2.05) is 0 Å². The normalized spacial score (nSPS) is 15.7. The van der Waals surface area contributed by atoms with Gasteiger partial charge < -0.3 is 24.8 Å². The van der Waals surface area contributed by atoms with Gasteiger partial charge in [0.05, 0.1) is 23.1 Å². The number of hydrogen-bond donors (Lipinski definition) is 2. The molecule has 2 N–H and O–H groups in total. The Bertz CT molecular complexity index is 1470. The molecule has 0 atom stereocenters. The first-order chi connectivity index (χ1) is 18.5. The molecule has 1 saturated heterocycles. The molecular weight excluding hydrogens is 500 g/mol. The van der Waals surface area contributed by atoms with Crippen molar-refractivity contribution in [3.8, 4) is 22.8 Å². The van der Waals surface area contributed by atoms with Crippen molar-refractivity contribution in [1.82, 2.24) is 24.4 Å². The maximum atomic E-state index is 13.4. The molecule has 1 aromatic carbocycles. The Balaban J connectivity index is 1.41. The van der Waals surface area contributed by atoms with E-state index >= 15 is 0 Å². The highest BCUT2D eigenvalue weighted by Crippen LogP contribution is 2.42. The van der Waals surface area contributed by atoms with Crippen molar-refractivity contribution in [2.24, 2.45) is 5.92 Å². The van der Waals surface area contributed by atoms with E-state index < -0.39 is 12.5 Å². The van der Waals surface area contributed by atoms with Gasteiger partial charge in [0.1, 0.15) is 29.4 Å². The van der Waals surface area contributed by atoms with Crippen molar-refractivity contribution in [1.29, 1.82) is 0 Å². The van der Waals surface area contributed by atoms with E-state index in [0.29, 0.717) is 61.6 Å². The van der Waals surface area contributed by atoms with Crippen LogP contribution in [0.4, 0.5) is 20.2 Å². The fourth-order valence-electron chi connectivity index (χ4n) is 4.72. The maximum absolute atomic E-state index is 13.4. The Morgan fingerprint density at radius 1 is 1.26 bits per heavy atom. The molecule has 3 aromatic heterocycles. The van der Waals surface area contributed by atoms with Gasteiger partial charge in [0.2, 0.25) is 0 Å². The fraction of sp³-hybridized carbons (Fsp3) is 0.360. The third kappa shape index (κ3) is 4.84.